The van der Waals surface area contributed by atoms with Crippen LogP contribution < -0.4 is 16.6 Å². The molecule has 2 aromatic heterocycles. The van der Waals surface area contributed by atoms with Crippen molar-refractivity contribution in [1.82, 2.24) is 24.0 Å². The maximum absolute atomic E-state index is 12.6. The lowest BCUT2D eigenvalue weighted by Crippen LogP contribution is -2.39. The second-order valence-corrected chi connectivity index (χ2v) is 7.34. The van der Waals surface area contributed by atoms with Crippen molar-refractivity contribution in [3.05, 3.63) is 56.7 Å². The van der Waals surface area contributed by atoms with Crippen LogP contribution in [0.3, 0.4) is 0 Å². The number of fused-ring (bicyclic) bond motifs is 1. The number of anilines is 1. The maximum atomic E-state index is 12.6. The van der Waals surface area contributed by atoms with Crippen LogP contribution in [-0.4, -0.2) is 68.5 Å². The van der Waals surface area contributed by atoms with E-state index in [0.717, 1.165) is 38.4 Å². The largest absolute Gasteiger partial charge is 0.387 e. The summed E-state index contributed by atoms with van der Waals surface area (Å²) < 4.78 is 8.31. The van der Waals surface area contributed by atoms with Crippen LogP contribution in [0.25, 0.3) is 11.2 Å². The van der Waals surface area contributed by atoms with Crippen molar-refractivity contribution in [2.24, 2.45) is 7.05 Å². The lowest BCUT2D eigenvalue weighted by Gasteiger charge is -2.26. The highest BCUT2D eigenvalue weighted by Crippen LogP contribution is 2.21. The number of aromatic amines is 1. The normalized spacial score (nSPS) is 16.1. The van der Waals surface area contributed by atoms with E-state index in [9.17, 15) is 14.7 Å². The highest BCUT2D eigenvalue weighted by atomic mass is 16.5. The number of nitrogens with one attached hydrogen (secondary N) is 2. The number of rotatable bonds is 7. The zero-order valence-corrected chi connectivity index (χ0v) is 16.9. The highest BCUT2D eigenvalue weighted by Gasteiger charge is 2.20. The second-order valence-electron chi connectivity index (χ2n) is 7.34. The highest BCUT2D eigenvalue weighted by molar-refractivity contribution is 5.74. The molecule has 1 atom stereocenters. The van der Waals surface area contributed by atoms with Crippen molar-refractivity contribution in [2.75, 3.05) is 44.7 Å². The number of hydrogen-bond donors (Lipinski definition) is 3. The topological polar surface area (TPSA) is 117 Å². The van der Waals surface area contributed by atoms with Crippen LogP contribution in [0, 0.1) is 0 Å². The van der Waals surface area contributed by atoms with Crippen molar-refractivity contribution in [3.8, 4) is 0 Å². The van der Waals surface area contributed by atoms with E-state index < -0.39 is 17.4 Å². The molecule has 0 aliphatic carbocycles. The van der Waals surface area contributed by atoms with Gasteiger partial charge in [0.2, 0.25) is 5.95 Å². The Labute approximate surface area is 172 Å². The lowest BCUT2D eigenvalue weighted by molar-refractivity contribution is 0.0398. The van der Waals surface area contributed by atoms with E-state index in [1.54, 1.807) is 11.6 Å². The predicted octanol–water partition coefficient (Wildman–Crippen LogP) is -0.0990. The summed E-state index contributed by atoms with van der Waals surface area (Å²) in [5.41, 5.74) is 0.210. The van der Waals surface area contributed by atoms with Crippen LogP contribution in [0.1, 0.15) is 11.7 Å². The van der Waals surface area contributed by atoms with Gasteiger partial charge in [-0.2, -0.15) is 4.98 Å². The van der Waals surface area contributed by atoms with Crippen molar-refractivity contribution in [2.45, 2.75) is 12.6 Å². The number of aryl methyl sites for hydroxylation is 1. The Kier molecular flexibility index (Phi) is 5.98. The average Bonchev–Trinajstić information content (AvgIpc) is 3.12. The summed E-state index contributed by atoms with van der Waals surface area (Å²) in [7, 11) is 1.56. The van der Waals surface area contributed by atoms with Gasteiger partial charge >= 0.3 is 5.69 Å². The number of hydrogen-bond acceptors (Lipinski definition) is 7. The summed E-state index contributed by atoms with van der Waals surface area (Å²) in [5.74, 6) is 0.444. The van der Waals surface area contributed by atoms with Gasteiger partial charge in [0, 0.05) is 33.2 Å². The van der Waals surface area contributed by atoms with Crippen LogP contribution in [0.5, 0.6) is 0 Å². The molecule has 1 aliphatic heterocycles. The molecule has 30 heavy (non-hydrogen) atoms. The second kappa shape index (κ2) is 8.82. The molecular formula is C20H26N6O4. The molecule has 0 radical (unpaired) electrons. The summed E-state index contributed by atoms with van der Waals surface area (Å²) in [4.78, 5) is 33.7. The van der Waals surface area contributed by atoms with Crippen molar-refractivity contribution >= 4 is 17.1 Å². The third-order valence-electron chi connectivity index (χ3n) is 5.36. The van der Waals surface area contributed by atoms with E-state index >= 15 is 0 Å². The van der Waals surface area contributed by atoms with Gasteiger partial charge < -0.3 is 19.7 Å². The van der Waals surface area contributed by atoms with Crippen LogP contribution in [0.2, 0.25) is 0 Å². The van der Waals surface area contributed by atoms with Crippen molar-refractivity contribution in [1.29, 1.82) is 0 Å². The van der Waals surface area contributed by atoms with Crippen molar-refractivity contribution in [3.63, 3.8) is 0 Å². The zero-order chi connectivity index (χ0) is 21.1. The summed E-state index contributed by atoms with van der Waals surface area (Å²) in [6.45, 7) is 4.72. The number of nitrogens with zero attached hydrogens (tertiary/aromatic N) is 4. The van der Waals surface area contributed by atoms with Gasteiger partial charge in [-0.05, 0) is 5.56 Å². The molecule has 3 aromatic rings. The van der Waals surface area contributed by atoms with Gasteiger partial charge in [0.1, 0.15) is 0 Å². The fourth-order valence-corrected chi connectivity index (χ4v) is 3.65. The fourth-order valence-electron chi connectivity index (χ4n) is 3.65. The van der Waals surface area contributed by atoms with Gasteiger partial charge in [-0.3, -0.25) is 19.2 Å². The lowest BCUT2D eigenvalue weighted by atomic mass is 10.1. The molecule has 1 saturated heterocycles. The van der Waals surface area contributed by atoms with E-state index in [-0.39, 0.29) is 17.7 Å². The van der Waals surface area contributed by atoms with Crippen LogP contribution >= 0.6 is 0 Å². The molecule has 0 spiro atoms. The monoisotopic (exact) mass is 414 g/mol. The molecule has 160 valence electrons. The minimum Gasteiger partial charge on any atom is -0.387 e. The molecule has 0 bridgehead atoms. The molecule has 0 amide bonds. The Morgan fingerprint density at radius 1 is 1.23 bits per heavy atom. The fraction of sp³-hybridized carbons (Fsp3) is 0.450. The SMILES string of the molecule is Cn1c(=O)[nH]c(=O)c2c1nc(NCCN1CCOCC1)n2CC(O)c1ccccc1. The Morgan fingerprint density at radius 3 is 2.70 bits per heavy atom. The van der Waals surface area contributed by atoms with Gasteiger partial charge in [-0.1, -0.05) is 30.3 Å². The molecular weight excluding hydrogens is 388 g/mol. The Balaban J connectivity index is 1.64. The first-order chi connectivity index (χ1) is 14.5. The minimum absolute atomic E-state index is 0.127. The zero-order valence-electron chi connectivity index (χ0n) is 16.9. The molecule has 1 unspecified atom stereocenters. The number of aromatic nitrogens is 4. The average molecular weight is 414 g/mol. The third-order valence-corrected chi connectivity index (χ3v) is 5.36. The number of aliphatic hydroxyl groups excluding tert-OH is 1. The smallest absolute Gasteiger partial charge is 0.329 e. The Morgan fingerprint density at radius 2 is 1.97 bits per heavy atom. The number of H-pyrrole nitrogens is 1. The van der Waals surface area contributed by atoms with Gasteiger partial charge in [0.05, 0.1) is 25.9 Å². The molecule has 10 heteroatoms. The molecule has 3 N–H and O–H groups in total. The quantitative estimate of drug-likeness (QED) is 0.494. The first-order valence-electron chi connectivity index (χ1n) is 10.0. The number of ether oxygens (including phenoxy) is 1. The molecule has 4 rings (SSSR count). The minimum atomic E-state index is -0.833. The van der Waals surface area contributed by atoms with Gasteiger partial charge in [0.25, 0.3) is 5.56 Å². The summed E-state index contributed by atoms with van der Waals surface area (Å²) in [6.07, 6.45) is -0.833. The van der Waals surface area contributed by atoms with Crippen LogP contribution in [0.15, 0.2) is 39.9 Å². The van der Waals surface area contributed by atoms with E-state index in [1.165, 1.54) is 4.57 Å². The maximum Gasteiger partial charge on any atom is 0.329 e. The Bertz CT molecular complexity index is 1110. The van der Waals surface area contributed by atoms with E-state index in [4.69, 9.17) is 4.74 Å². The van der Waals surface area contributed by atoms with E-state index in [2.05, 4.69) is 20.2 Å². The summed E-state index contributed by atoms with van der Waals surface area (Å²) in [5, 5.41) is 14.0. The molecule has 10 nitrogen and oxygen atoms in total. The number of benzene rings is 1. The van der Waals surface area contributed by atoms with Gasteiger partial charge in [-0.15, -0.1) is 0 Å². The van der Waals surface area contributed by atoms with Crippen molar-refractivity contribution < 1.29 is 9.84 Å². The Hall–Kier alpha value is -2.95. The standard InChI is InChI=1S/C20H26N6O4/c1-24-17-16(18(28)23-20(24)29)26(13-15(27)14-5-3-2-4-6-14)19(22-17)21-7-8-25-9-11-30-12-10-25/h2-6,15,27H,7-13H2,1H3,(H,21,22)(H,23,28,29). The third kappa shape index (κ3) is 4.16. The molecule has 1 fully saturated rings. The first-order valence-corrected chi connectivity index (χ1v) is 10.0. The van der Waals surface area contributed by atoms with Gasteiger partial charge in [0.15, 0.2) is 11.2 Å². The van der Waals surface area contributed by atoms with E-state index in [1.807, 2.05) is 30.3 Å². The molecule has 0 saturated carbocycles. The van der Waals surface area contributed by atoms with Gasteiger partial charge in [-0.25, -0.2) is 4.79 Å². The number of aliphatic hydroxyl groups is 1. The van der Waals surface area contributed by atoms with Crippen LogP contribution in [-0.2, 0) is 18.3 Å². The van der Waals surface area contributed by atoms with Crippen LogP contribution in [0.4, 0.5) is 5.95 Å². The van der Waals surface area contributed by atoms with E-state index in [0.29, 0.717) is 12.5 Å². The number of morpholine rings is 1. The molecule has 1 aliphatic rings. The molecule has 1 aromatic carbocycles. The summed E-state index contributed by atoms with van der Waals surface area (Å²) >= 11 is 0. The predicted molar refractivity (Wildman–Crippen MR) is 113 cm³/mol. The summed E-state index contributed by atoms with van der Waals surface area (Å²) in [6, 6.07) is 9.23. The number of imidazole rings is 1. The molecule has 3 heterocycles. The first kappa shape index (κ1) is 20.3.